The maximum atomic E-state index is 11.6. The van der Waals surface area contributed by atoms with Crippen molar-refractivity contribution in [3.63, 3.8) is 0 Å². The summed E-state index contributed by atoms with van der Waals surface area (Å²) >= 11 is 4.21. The van der Waals surface area contributed by atoms with E-state index in [0.29, 0.717) is 6.42 Å². The van der Waals surface area contributed by atoms with Gasteiger partial charge in [0.05, 0.1) is 6.42 Å². The first kappa shape index (κ1) is 14.1. The van der Waals surface area contributed by atoms with E-state index in [1.54, 1.807) is 0 Å². The van der Waals surface area contributed by atoms with E-state index < -0.39 is 0 Å². The predicted octanol–water partition coefficient (Wildman–Crippen LogP) is 1.59. The van der Waals surface area contributed by atoms with E-state index in [1.165, 1.54) is 0 Å². The van der Waals surface area contributed by atoms with E-state index in [4.69, 9.17) is 0 Å². The molecule has 0 unspecified atom stereocenters. The Labute approximate surface area is 109 Å². The SMILES string of the molecule is CN(C)CCCNC(=O)Cc1ccc(S)cc1. The van der Waals surface area contributed by atoms with Gasteiger partial charge in [-0.25, -0.2) is 0 Å². The van der Waals surface area contributed by atoms with Gasteiger partial charge >= 0.3 is 0 Å². The fraction of sp³-hybridized carbons (Fsp3) is 0.462. The molecule has 1 rings (SSSR count). The fourth-order valence-corrected chi connectivity index (χ4v) is 1.63. The summed E-state index contributed by atoms with van der Waals surface area (Å²) in [4.78, 5) is 14.6. The van der Waals surface area contributed by atoms with Crippen LogP contribution < -0.4 is 5.32 Å². The molecule has 0 fully saturated rings. The summed E-state index contributed by atoms with van der Waals surface area (Å²) in [5, 5.41) is 2.92. The molecule has 0 heterocycles. The first-order valence-electron chi connectivity index (χ1n) is 5.77. The third kappa shape index (κ3) is 6.34. The normalized spacial score (nSPS) is 10.6. The lowest BCUT2D eigenvalue weighted by Gasteiger charge is -2.09. The Morgan fingerprint density at radius 3 is 2.53 bits per heavy atom. The lowest BCUT2D eigenvalue weighted by atomic mass is 10.1. The van der Waals surface area contributed by atoms with Gasteiger partial charge in [-0.3, -0.25) is 4.79 Å². The van der Waals surface area contributed by atoms with E-state index in [1.807, 2.05) is 38.4 Å². The number of thiol groups is 1. The third-order valence-electron chi connectivity index (χ3n) is 2.41. The van der Waals surface area contributed by atoms with Gasteiger partial charge in [0.1, 0.15) is 0 Å². The van der Waals surface area contributed by atoms with Gasteiger partial charge in [0.15, 0.2) is 0 Å². The van der Waals surface area contributed by atoms with Crippen LogP contribution in [0.2, 0.25) is 0 Å². The zero-order chi connectivity index (χ0) is 12.7. The Bertz CT molecular complexity index is 349. The zero-order valence-corrected chi connectivity index (χ0v) is 11.3. The molecule has 0 aliphatic rings. The Kier molecular flexibility index (Phi) is 6.08. The van der Waals surface area contributed by atoms with Gasteiger partial charge in [-0.05, 0) is 44.8 Å². The summed E-state index contributed by atoms with van der Waals surface area (Å²) in [6, 6.07) is 7.67. The molecule has 0 aliphatic carbocycles. The summed E-state index contributed by atoms with van der Waals surface area (Å²) in [6.07, 6.45) is 1.42. The van der Waals surface area contributed by atoms with Crippen LogP contribution in [0.15, 0.2) is 29.2 Å². The van der Waals surface area contributed by atoms with Gasteiger partial charge in [0.25, 0.3) is 0 Å². The van der Waals surface area contributed by atoms with Gasteiger partial charge < -0.3 is 10.2 Å². The van der Waals surface area contributed by atoms with Crippen LogP contribution in [-0.4, -0.2) is 38.0 Å². The van der Waals surface area contributed by atoms with Crippen LogP contribution in [-0.2, 0) is 11.2 Å². The highest BCUT2D eigenvalue weighted by molar-refractivity contribution is 7.80. The summed E-state index contributed by atoms with van der Waals surface area (Å²) in [5.74, 6) is 0.0793. The number of amides is 1. The molecule has 0 atom stereocenters. The van der Waals surface area contributed by atoms with E-state index in [9.17, 15) is 4.79 Å². The minimum Gasteiger partial charge on any atom is -0.356 e. The van der Waals surface area contributed by atoms with Crippen molar-refractivity contribution >= 4 is 18.5 Å². The first-order valence-corrected chi connectivity index (χ1v) is 6.22. The van der Waals surface area contributed by atoms with Crippen molar-refractivity contribution in [2.24, 2.45) is 0 Å². The number of carbonyl (C=O) groups excluding carboxylic acids is 1. The first-order chi connectivity index (χ1) is 8.08. The number of hydrogen-bond donors (Lipinski definition) is 2. The molecule has 0 saturated carbocycles. The molecule has 1 aromatic rings. The molecule has 94 valence electrons. The van der Waals surface area contributed by atoms with Crippen LogP contribution in [0.1, 0.15) is 12.0 Å². The van der Waals surface area contributed by atoms with E-state index in [2.05, 4.69) is 22.8 Å². The Hall–Kier alpha value is -1.00. The number of benzene rings is 1. The minimum atomic E-state index is 0.0793. The van der Waals surface area contributed by atoms with E-state index in [0.717, 1.165) is 30.0 Å². The van der Waals surface area contributed by atoms with Crippen molar-refractivity contribution in [1.82, 2.24) is 10.2 Å². The molecule has 1 N–H and O–H groups in total. The molecule has 4 heteroatoms. The smallest absolute Gasteiger partial charge is 0.224 e. The monoisotopic (exact) mass is 252 g/mol. The molecule has 1 aromatic carbocycles. The number of nitrogens with zero attached hydrogens (tertiary/aromatic N) is 1. The van der Waals surface area contributed by atoms with Crippen LogP contribution in [0.3, 0.4) is 0 Å². The number of nitrogens with one attached hydrogen (secondary N) is 1. The quantitative estimate of drug-likeness (QED) is 0.595. The molecule has 17 heavy (non-hydrogen) atoms. The van der Waals surface area contributed by atoms with Crippen LogP contribution in [0, 0.1) is 0 Å². The fourth-order valence-electron chi connectivity index (χ4n) is 1.48. The predicted molar refractivity (Wildman–Crippen MR) is 73.6 cm³/mol. The van der Waals surface area contributed by atoms with Crippen molar-refractivity contribution in [3.8, 4) is 0 Å². The van der Waals surface area contributed by atoms with Gasteiger partial charge in [-0.1, -0.05) is 12.1 Å². The average Bonchev–Trinajstić information content (AvgIpc) is 2.27. The molecule has 0 radical (unpaired) electrons. The molecule has 0 saturated heterocycles. The van der Waals surface area contributed by atoms with Gasteiger partial charge in [0.2, 0.25) is 5.91 Å². The van der Waals surface area contributed by atoms with Crippen LogP contribution >= 0.6 is 12.6 Å². The second-order valence-corrected chi connectivity index (χ2v) is 4.87. The number of hydrogen-bond acceptors (Lipinski definition) is 3. The summed E-state index contributed by atoms with van der Waals surface area (Å²) in [7, 11) is 4.06. The largest absolute Gasteiger partial charge is 0.356 e. The molecule has 0 spiro atoms. The molecule has 1 amide bonds. The second-order valence-electron chi connectivity index (χ2n) is 4.35. The van der Waals surface area contributed by atoms with Crippen LogP contribution in [0.5, 0.6) is 0 Å². The molecular weight excluding hydrogens is 232 g/mol. The Morgan fingerprint density at radius 2 is 1.94 bits per heavy atom. The maximum Gasteiger partial charge on any atom is 0.224 e. The number of carbonyl (C=O) groups is 1. The van der Waals surface area contributed by atoms with E-state index in [-0.39, 0.29) is 5.91 Å². The molecule has 3 nitrogen and oxygen atoms in total. The van der Waals surface area contributed by atoms with Crippen LogP contribution in [0.25, 0.3) is 0 Å². The van der Waals surface area contributed by atoms with Gasteiger partial charge in [0, 0.05) is 11.4 Å². The van der Waals surface area contributed by atoms with Crippen molar-refractivity contribution in [2.45, 2.75) is 17.7 Å². The molecule has 0 bridgehead atoms. The molecule has 0 aliphatic heterocycles. The Balaban J connectivity index is 2.23. The Morgan fingerprint density at radius 1 is 1.29 bits per heavy atom. The van der Waals surface area contributed by atoms with Crippen molar-refractivity contribution in [1.29, 1.82) is 0 Å². The highest BCUT2D eigenvalue weighted by Gasteiger charge is 2.02. The lowest BCUT2D eigenvalue weighted by Crippen LogP contribution is -2.28. The maximum absolute atomic E-state index is 11.6. The second kappa shape index (κ2) is 7.35. The topological polar surface area (TPSA) is 32.3 Å². The minimum absolute atomic E-state index is 0.0793. The van der Waals surface area contributed by atoms with Gasteiger partial charge in [-0.2, -0.15) is 0 Å². The zero-order valence-electron chi connectivity index (χ0n) is 10.4. The van der Waals surface area contributed by atoms with Gasteiger partial charge in [-0.15, -0.1) is 12.6 Å². The lowest BCUT2D eigenvalue weighted by molar-refractivity contribution is -0.120. The molecular formula is C13H20N2OS. The highest BCUT2D eigenvalue weighted by Crippen LogP contribution is 2.08. The van der Waals surface area contributed by atoms with Crippen LogP contribution in [0.4, 0.5) is 0 Å². The molecule has 0 aromatic heterocycles. The summed E-state index contributed by atoms with van der Waals surface area (Å²) < 4.78 is 0. The third-order valence-corrected chi connectivity index (χ3v) is 2.70. The van der Waals surface area contributed by atoms with Crippen molar-refractivity contribution in [3.05, 3.63) is 29.8 Å². The highest BCUT2D eigenvalue weighted by atomic mass is 32.1. The van der Waals surface area contributed by atoms with Crippen molar-refractivity contribution in [2.75, 3.05) is 27.2 Å². The van der Waals surface area contributed by atoms with Crippen molar-refractivity contribution < 1.29 is 4.79 Å². The number of rotatable bonds is 6. The summed E-state index contributed by atoms with van der Waals surface area (Å²) in [5.41, 5.74) is 1.02. The van der Waals surface area contributed by atoms with E-state index >= 15 is 0 Å². The standard InChI is InChI=1S/C13H20N2OS/c1-15(2)9-3-8-14-13(16)10-11-4-6-12(17)7-5-11/h4-7,17H,3,8-10H2,1-2H3,(H,14,16). The average molecular weight is 252 g/mol. The summed E-state index contributed by atoms with van der Waals surface area (Å²) in [6.45, 7) is 1.73.